The normalized spacial score (nSPS) is 33.8. The molecule has 162 valence electrons. The smallest absolute Gasteiger partial charge is 0.307 e. The van der Waals surface area contributed by atoms with E-state index in [-0.39, 0.29) is 36.8 Å². The predicted octanol–water partition coefficient (Wildman–Crippen LogP) is 3.70. The molecule has 0 aromatic rings. The average molecular weight is 439 g/mol. The van der Waals surface area contributed by atoms with E-state index in [0.717, 1.165) is 17.1 Å². The van der Waals surface area contributed by atoms with Crippen LogP contribution >= 0.6 is 7.60 Å². The number of halogens is 1. The standard InChI is InChI=1S/C18H31FNO6PS/c1-5-25-27(22,26-6-2)15(19)7-8-16(21)20-14-11-13-9-10-18(14,17(13,3)4)12-28(20,23)24/h13-15H,5-12H2,1-4H3/t13-,14-,15?,18-/m0/s1. The fraction of sp³-hybridized carbons (Fsp3) is 0.944. The van der Waals surface area contributed by atoms with Gasteiger partial charge < -0.3 is 9.05 Å². The zero-order chi connectivity index (χ0) is 21.0. The maximum atomic E-state index is 14.6. The third-order valence-corrected chi connectivity index (χ3v) is 11.3. The number of alkyl halides is 1. The lowest BCUT2D eigenvalue weighted by molar-refractivity contribution is -0.129. The number of carbonyl (C=O) groups is 1. The molecule has 3 fully saturated rings. The van der Waals surface area contributed by atoms with Crippen molar-refractivity contribution in [2.45, 2.75) is 71.8 Å². The molecule has 0 aromatic heterocycles. The van der Waals surface area contributed by atoms with E-state index >= 15 is 0 Å². The molecule has 0 aromatic carbocycles. The molecule has 1 heterocycles. The van der Waals surface area contributed by atoms with E-state index in [0.29, 0.717) is 12.3 Å². The van der Waals surface area contributed by atoms with Crippen molar-refractivity contribution in [3.8, 4) is 0 Å². The summed E-state index contributed by atoms with van der Waals surface area (Å²) in [6.07, 6.45) is 1.72. The van der Waals surface area contributed by atoms with Gasteiger partial charge in [0.1, 0.15) is 0 Å². The second kappa shape index (κ2) is 7.33. The van der Waals surface area contributed by atoms with Gasteiger partial charge in [-0.15, -0.1) is 0 Å². The van der Waals surface area contributed by atoms with Gasteiger partial charge in [-0.3, -0.25) is 9.36 Å². The fourth-order valence-electron chi connectivity index (χ4n) is 5.69. The van der Waals surface area contributed by atoms with Gasteiger partial charge in [0.15, 0.2) is 0 Å². The van der Waals surface area contributed by atoms with Crippen LogP contribution in [0.15, 0.2) is 0 Å². The SMILES string of the molecule is CCOP(=O)(OCC)C(F)CCC(=O)N1[C@H]2C[C@@H]3CC[C@@]2(CS1(=O)=O)C3(C)C. The third kappa shape index (κ3) is 3.17. The van der Waals surface area contributed by atoms with Gasteiger partial charge in [-0.25, -0.2) is 17.1 Å². The molecule has 1 saturated heterocycles. The number of fused-ring (bicyclic) bond motifs is 1. The second-order valence-electron chi connectivity index (χ2n) is 8.66. The molecule has 0 N–H and O–H groups in total. The first-order valence-electron chi connectivity index (χ1n) is 10.0. The summed E-state index contributed by atoms with van der Waals surface area (Å²) in [5, 5.41) is 0. The maximum Gasteiger partial charge on any atom is 0.364 e. The van der Waals surface area contributed by atoms with Crippen LogP contribution in [0.5, 0.6) is 0 Å². The Labute approximate surface area is 166 Å². The molecule has 0 radical (unpaired) electrons. The average Bonchev–Trinajstić information content (AvgIpc) is 3.07. The lowest BCUT2D eigenvalue weighted by Gasteiger charge is -2.37. The van der Waals surface area contributed by atoms with Crippen molar-refractivity contribution in [1.29, 1.82) is 0 Å². The fourth-order valence-corrected chi connectivity index (χ4v) is 9.83. The van der Waals surface area contributed by atoms with Crippen LogP contribution in [0.4, 0.5) is 4.39 Å². The Balaban J connectivity index is 1.74. The number of hydrogen-bond donors (Lipinski definition) is 0. The van der Waals surface area contributed by atoms with Crippen LogP contribution in [-0.4, -0.2) is 49.6 Å². The van der Waals surface area contributed by atoms with Crippen molar-refractivity contribution < 1.29 is 31.2 Å². The summed E-state index contributed by atoms with van der Waals surface area (Å²) >= 11 is 0. The van der Waals surface area contributed by atoms with Gasteiger partial charge in [0.2, 0.25) is 21.8 Å². The number of nitrogens with zero attached hydrogens (tertiary/aromatic N) is 1. The first-order chi connectivity index (χ1) is 12.9. The molecule has 7 nitrogen and oxygen atoms in total. The highest BCUT2D eigenvalue weighted by atomic mass is 32.2. The van der Waals surface area contributed by atoms with E-state index in [1.807, 2.05) is 0 Å². The quantitative estimate of drug-likeness (QED) is 0.536. The minimum atomic E-state index is -3.97. The van der Waals surface area contributed by atoms with Gasteiger partial charge in [0.05, 0.1) is 25.0 Å². The third-order valence-electron chi connectivity index (χ3n) is 7.21. The molecule has 2 saturated carbocycles. The van der Waals surface area contributed by atoms with E-state index in [4.69, 9.17) is 9.05 Å². The zero-order valence-corrected chi connectivity index (χ0v) is 18.7. The highest BCUT2D eigenvalue weighted by molar-refractivity contribution is 7.90. The second-order valence-corrected chi connectivity index (χ2v) is 12.7. The van der Waals surface area contributed by atoms with Crippen LogP contribution in [0.2, 0.25) is 0 Å². The molecule has 4 atom stereocenters. The van der Waals surface area contributed by atoms with Gasteiger partial charge in [0, 0.05) is 11.8 Å². The van der Waals surface area contributed by atoms with Gasteiger partial charge in [-0.1, -0.05) is 13.8 Å². The van der Waals surface area contributed by atoms with Crippen LogP contribution in [0.25, 0.3) is 0 Å². The van der Waals surface area contributed by atoms with Crippen molar-refractivity contribution >= 4 is 23.5 Å². The van der Waals surface area contributed by atoms with Gasteiger partial charge >= 0.3 is 7.60 Å². The Morgan fingerprint density at radius 3 is 2.43 bits per heavy atom. The van der Waals surface area contributed by atoms with Gasteiger partial charge in [-0.05, 0) is 50.9 Å². The van der Waals surface area contributed by atoms with Crippen molar-refractivity contribution in [3.63, 3.8) is 0 Å². The summed E-state index contributed by atoms with van der Waals surface area (Å²) in [6.45, 7) is 7.41. The summed E-state index contributed by atoms with van der Waals surface area (Å²) < 4.78 is 63.7. The molecule has 28 heavy (non-hydrogen) atoms. The number of sulfonamides is 1. The highest BCUT2D eigenvalue weighted by Crippen LogP contribution is 2.70. The molecule has 1 unspecified atom stereocenters. The van der Waals surface area contributed by atoms with Gasteiger partial charge in [0.25, 0.3) is 0 Å². The molecule has 3 rings (SSSR count). The number of hydrogen-bond acceptors (Lipinski definition) is 6. The van der Waals surface area contributed by atoms with Crippen molar-refractivity contribution in [1.82, 2.24) is 4.31 Å². The highest BCUT2D eigenvalue weighted by Gasteiger charge is 2.72. The number of carbonyl (C=O) groups excluding carboxylic acids is 1. The topological polar surface area (TPSA) is 90.0 Å². The lowest BCUT2D eigenvalue weighted by atomic mass is 9.69. The summed E-state index contributed by atoms with van der Waals surface area (Å²) in [7, 11) is -7.71. The molecular weight excluding hydrogens is 408 g/mol. The Morgan fingerprint density at radius 1 is 1.29 bits per heavy atom. The summed E-state index contributed by atoms with van der Waals surface area (Å²) in [5.41, 5.74) is -0.546. The van der Waals surface area contributed by atoms with E-state index in [1.54, 1.807) is 13.8 Å². The maximum absolute atomic E-state index is 14.6. The number of rotatable bonds is 8. The van der Waals surface area contributed by atoms with Crippen molar-refractivity contribution in [3.05, 3.63) is 0 Å². The van der Waals surface area contributed by atoms with Crippen LogP contribution in [0, 0.1) is 16.7 Å². The molecular formula is C18H31FNO6PS. The van der Waals surface area contributed by atoms with Crippen LogP contribution in [0.1, 0.15) is 59.8 Å². The summed E-state index contributed by atoms with van der Waals surface area (Å²) in [6, 6.07) is -0.345. The minimum absolute atomic E-state index is 0.0185. The predicted molar refractivity (Wildman–Crippen MR) is 103 cm³/mol. The van der Waals surface area contributed by atoms with Crippen LogP contribution in [-0.2, 0) is 28.4 Å². The molecule has 2 aliphatic carbocycles. The molecule has 3 aliphatic rings. The Kier molecular flexibility index (Phi) is 5.81. The van der Waals surface area contributed by atoms with Crippen LogP contribution < -0.4 is 0 Å². The number of amides is 1. The molecule has 1 amide bonds. The van der Waals surface area contributed by atoms with Crippen LogP contribution in [0.3, 0.4) is 0 Å². The lowest BCUT2D eigenvalue weighted by Crippen LogP contribution is -2.44. The molecule has 10 heteroatoms. The Hall–Kier alpha value is -0.500. The van der Waals surface area contributed by atoms with E-state index in [2.05, 4.69) is 13.8 Å². The van der Waals surface area contributed by atoms with Crippen molar-refractivity contribution in [2.24, 2.45) is 16.7 Å². The largest absolute Gasteiger partial charge is 0.364 e. The molecule has 1 aliphatic heterocycles. The Morgan fingerprint density at radius 2 is 1.89 bits per heavy atom. The summed E-state index contributed by atoms with van der Waals surface area (Å²) in [5.74, 6) is -2.21. The first-order valence-corrected chi connectivity index (χ1v) is 13.2. The molecule has 1 spiro atoms. The van der Waals surface area contributed by atoms with Crippen molar-refractivity contribution in [2.75, 3.05) is 19.0 Å². The first kappa shape index (κ1) is 22.2. The minimum Gasteiger partial charge on any atom is -0.307 e. The van der Waals surface area contributed by atoms with Gasteiger partial charge in [-0.2, -0.15) is 0 Å². The Bertz CT molecular complexity index is 777. The van der Waals surface area contributed by atoms with E-state index in [1.165, 1.54) is 0 Å². The monoisotopic (exact) mass is 439 g/mol. The zero-order valence-electron chi connectivity index (χ0n) is 17.0. The van der Waals surface area contributed by atoms with E-state index in [9.17, 15) is 22.2 Å². The summed E-state index contributed by atoms with van der Waals surface area (Å²) in [4.78, 5) is 12.8. The van der Waals surface area contributed by atoms with E-state index < -0.39 is 41.3 Å². The molecule has 2 bridgehead atoms.